The zero-order valence-electron chi connectivity index (χ0n) is 15.8. The Kier molecular flexibility index (Phi) is 3.79. The third kappa shape index (κ3) is 2.32. The minimum Gasteiger partial charge on any atom is -0.504 e. The van der Waals surface area contributed by atoms with Crippen LogP contribution < -0.4 is 14.2 Å². The van der Waals surface area contributed by atoms with Gasteiger partial charge in [0.1, 0.15) is 0 Å². The first kappa shape index (κ1) is 17.0. The molecule has 2 heterocycles. The van der Waals surface area contributed by atoms with E-state index in [1.54, 1.807) is 18.9 Å². The molecule has 1 aliphatic carbocycles. The lowest BCUT2D eigenvalue weighted by atomic mass is 9.76. The lowest BCUT2D eigenvalue weighted by Gasteiger charge is -2.41. The Hall–Kier alpha value is -3.09. The van der Waals surface area contributed by atoms with Crippen LogP contribution in [0.5, 0.6) is 23.0 Å². The van der Waals surface area contributed by atoms with Gasteiger partial charge in [-0.3, -0.25) is 0 Å². The van der Waals surface area contributed by atoms with Crippen LogP contribution in [0.25, 0.3) is 11.1 Å². The van der Waals surface area contributed by atoms with E-state index in [9.17, 15) is 9.90 Å². The number of hydrogen-bond acceptors (Lipinski definition) is 6. The standard InChI is InChI=1S/C21H21NO6/c1-3-26-21(24)22-5-4-11-7-17(25-2)20(23)19-13-9-16-15(27-10-28-16)8-12(13)6-14(22)18(11)19/h7-9,14,23H,3-6,10H2,1-2H3/t14-/m0/s1. The monoisotopic (exact) mass is 383 g/mol. The maximum absolute atomic E-state index is 12.6. The molecule has 0 radical (unpaired) electrons. The van der Waals surface area contributed by atoms with Gasteiger partial charge in [0, 0.05) is 12.1 Å². The minimum atomic E-state index is -0.330. The van der Waals surface area contributed by atoms with Crippen LogP contribution in [0, 0.1) is 0 Å². The fourth-order valence-corrected chi connectivity index (χ4v) is 4.52. The zero-order valence-corrected chi connectivity index (χ0v) is 15.8. The normalized spacial score (nSPS) is 18.4. The maximum Gasteiger partial charge on any atom is 0.410 e. The molecule has 7 heteroatoms. The molecular formula is C21H21NO6. The van der Waals surface area contributed by atoms with E-state index in [0.29, 0.717) is 48.8 Å². The lowest BCUT2D eigenvalue weighted by Crippen LogP contribution is -2.42. The molecule has 2 aromatic carbocycles. The molecule has 0 unspecified atom stereocenters. The van der Waals surface area contributed by atoms with Crippen molar-refractivity contribution < 1.29 is 28.8 Å². The van der Waals surface area contributed by atoms with Crippen LogP contribution in [0.1, 0.15) is 29.7 Å². The summed E-state index contributed by atoms with van der Waals surface area (Å²) in [6, 6.07) is 5.52. The first-order chi connectivity index (χ1) is 13.6. The summed E-state index contributed by atoms with van der Waals surface area (Å²) in [6.07, 6.45) is 0.966. The number of ether oxygens (including phenoxy) is 4. The number of fused-ring (bicyclic) bond motifs is 3. The van der Waals surface area contributed by atoms with Gasteiger partial charge in [-0.05, 0) is 60.2 Å². The first-order valence-corrected chi connectivity index (χ1v) is 9.41. The van der Waals surface area contributed by atoms with E-state index < -0.39 is 0 Å². The molecule has 1 atom stereocenters. The van der Waals surface area contributed by atoms with Crippen LogP contribution in [0.4, 0.5) is 4.79 Å². The number of hydrogen-bond donors (Lipinski definition) is 1. The summed E-state index contributed by atoms with van der Waals surface area (Å²) in [5, 5.41) is 11.0. The predicted octanol–water partition coefficient (Wildman–Crippen LogP) is 3.41. The average Bonchev–Trinajstić information content (AvgIpc) is 3.15. The number of carbonyl (C=O) groups is 1. The minimum absolute atomic E-state index is 0.0803. The maximum atomic E-state index is 12.6. The largest absolute Gasteiger partial charge is 0.504 e. The van der Waals surface area contributed by atoms with E-state index in [1.807, 2.05) is 18.2 Å². The predicted molar refractivity (Wildman–Crippen MR) is 100 cm³/mol. The fraction of sp³-hybridized carbons (Fsp3) is 0.381. The Balaban J connectivity index is 1.74. The average molecular weight is 383 g/mol. The summed E-state index contributed by atoms with van der Waals surface area (Å²) >= 11 is 0. The molecule has 0 bridgehead atoms. The van der Waals surface area contributed by atoms with Gasteiger partial charge in [0.15, 0.2) is 23.0 Å². The highest BCUT2D eigenvalue weighted by Gasteiger charge is 2.40. The van der Waals surface area contributed by atoms with E-state index in [0.717, 1.165) is 22.3 Å². The fourth-order valence-electron chi connectivity index (χ4n) is 4.52. The molecule has 0 saturated heterocycles. The summed E-state index contributed by atoms with van der Waals surface area (Å²) in [7, 11) is 1.54. The van der Waals surface area contributed by atoms with E-state index in [2.05, 4.69) is 0 Å². The molecule has 5 rings (SSSR count). The SMILES string of the molecule is CCOC(=O)N1CCc2cc(OC)c(O)c3c2[C@@H]1Cc1cc2c(cc1-3)OCO2. The Bertz CT molecular complexity index is 986. The van der Waals surface area contributed by atoms with Gasteiger partial charge in [0.25, 0.3) is 0 Å². The van der Waals surface area contributed by atoms with Crippen LogP contribution >= 0.6 is 0 Å². The molecule has 7 nitrogen and oxygen atoms in total. The van der Waals surface area contributed by atoms with Crippen LogP contribution in [-0.2, 0) is 17.6 Å². The third-order valence-electron chi connectivity index (χ3n) is 5.73. The van der Waals surface area contributed by atoms with E-state index >= 15 is 0 Å². The molecule has 0 saturated carbocycles. The van der Waals surface area contributed by atoms with Gasteiger partial charge < -0.3 is 29.0 Å². The number of methoxy groups -OCH3 is 1. The zero-order chi connectivity index (χ0) is 19.4. The van der Waals surface area contributed by atoms with E-state index in [-0.39, 0.29) is 24.7 Å². The summed E-state index contributed by atoms with van der Waals surface area (Å²) < 4.78 is 21.8. The summed E-state index contributed by atoms with van der Waals surface area (Å²) in [6.45, 7) is 2.86. The van der Waals surface area contributed by atoms with Gasteiger partial charge in [0.05, 0.1) is 19.8 Å². The van der Waals surface area contributed by atoms with Crippen molar-refractivity contribution in [1.82, 2.24) is 4.90 Å². The second kappa shape index (κ2) is 6.22. The van der Waals surface area contributed by atoms with Gasteiger partial charge >= 0.3 is 6.09 Å². The van der Waals surface area contributed by atoms with Crippen molar-refractivity contribution in [2.45, 2.75) is 25.8 Å². The molecule has 1 N–H and O–H groups in total. The topological polar surface area (TPSA) is 77.5 Å². The van der Waals surface area contributed by atoms with Crippen LogP contribution in [0.3, 0.4) is 0 Å². The Morgan fingerprint density at radius 3 is 2.79 bits per heavy atom. The second-order valence-electron chi connectivity index (χ2n) is 7.10. The molecule has 0 spiro atoms. The van der Waals surface area contributed by atoms with Gasteiger partial charge in [-0.15, -0.1) is 0 Å². The van der Waals surface area contributed by atoms with Crippen LogP contribution in [0.15, 0.2) is 18.2 Å². The number of benzene rings is 2. The highest BCUT2D eigenvalue weighted by Crippen LogP contribution is 2.54. The Labute approximate surface area is 162 Å². The van der Waals surface area contributed by atoms with Crippen LogP contribution in [-0.4, -0.2) is 43.2 Å². The quantitative estimate of drug-likeness (QED) is 0.856. The van der Waals surface area contributed by atoms with E-state index in [1.165, 1.54) is 0 Å². The number of aromatic hydroxyl groups is 1. The molecule has 2 aliphatic heterocycles. The van der Waals surface area contributed by atoms with Crippen molar-refractivity contribution >= 4 is 6.09 Å². The van der Waals surface area contributed by atoms with Crippen molar-refractivity contribution in [2.24, 2.45) is 0 Å². The second-order valence-corrected chi connectivity index (χ2v) is 7.10. The summed E-state index contributed by atoms with van der Waals surface area (Å²) in [4.78, 5) is 14.4. The lowest BCUT2D eigenvalue weighted by molar-refractivity contribution is 0.0861. The van der Waals surface area contributed by atoms with Crippen LogP contribution in [0.2, 0.25) is 0 Å². The van der Waals surface area contributed by atoms with Gasteiger partial charge in [-0.25, -0.2) is 4.79 Å². The van der Waals surface area contributed by atoms with E-state index in [4.69, 9.17) is 18.9 Å². The molecule has 3 aliphatic rings. The third-order valence-corrected chi connectivity index (χ3v) is 5.73. The number of amides is 1. The number of rotatable bonds is 2. The van der Waals surface area contributed by atoms with Crippen molar-refractivity contribution in [2.75, 3.05) is 27.1 Å². The number of carbonyl (C=O) groups excluding carboxylic acids is 1. The Morgan fingerprint density at radius 2 is 2.04 bits per heavy atom. The molecule has 146 valence electrons. The van der Waals surface area contributed by atoms with Crippen molar-refractivity contribution in [1.29, 1.82) is 0 Å². The van der Waals surface area contributed by atoms with Gasteiger partial charge in [-0.1, -0.05) is 0 Å². The molecule has 28 heavy (non-hydrogen) atoms. The van der Waals surface area contributed by atoms with Crippen molar-refractivity contribution in [3.05, 3.63) is 34.9 Å². The van der Waals surface area contributed by atoms with Crippen molar-refractivity contribution in [3.63, 3.8) is 0 Å². The highest BCUT2D eigenvalue weighted by atomic mass is 16.7. The Morgan fingerprint density at radius 1 is 1.25 bits per heavy atom. The van der Waals surface area contributed by atoms with Crippen molar-refractivity contribution in [3.8, 4) is 34.1 Å². The van der Waals surface area contributed by atoms with Gasteiger partial charge in [-0.2, -0.15) is 0 Å². The smallest absolute Gasteiger partial charge is 0.410 e. The number of phenols is 1. The highest BCUT2D eigenvalue weighted by molar-refractivity contribution is 5.85. The molecule has 1 amide bonds. The first-order valence-electron chi connectivity index (χ1n) is 9.41. The summed E-state index contributed by atoms with van der Waals surface area (Å²) in [5.41, 5.74) is 4.63. The summed E-state index contributed by atoms with van der Waals surface area (Å²) in [5.74, 6) is 1.86. The molecular weight excluding hydrogens is 362 g/mol. The number of phenolic OH excluding ortho intramolecular Hbond substituents is 1. The van der Waals surface area contributed by atoms with Gasteiger partial charge in [0.2, 0.25) is 6.79 Å². The molecule has 0 aromatic heterocycles. The molecule has 0 fully saturated rings. The molecule has 2 aromatic rings. The number of nitrogens with zero attached hydrogens (tertiary/aromatic N) is 1.